The molecule has 23 heavy (non-hydrogen) atoms. The van der Waals surface area contributed by atoms with Crippen LogP contribution in [0.5, 0.6) is 0 Å². The minimum atomic E-state index is 0.307. The summed E-state index contributed by atoms with van der Waals surface area (Å²) < 4.78 is 11.4. The monoisotopic (exact) mass is 317 g/mol. The van der Waals surface area contributed by atoms with Crippen molar-refractivity contribution < 1.29 is 9.47 Å². The Balaban J connectivity index is 1.43. The third-order valence-corrected chi connectivity index (χ3v) is 5.57. The van der Waals surface area contributed by atoms with Gasteiger partial charge in [0.1, 0.15) is 0 Å². The summed E-state index contributed by atoms with van der Waals surface area (Å²) in [4.78, 5) is 9.82. The second-order valence-corrected chi connectivity index (χ2v) is 7.40. The van der Waals surface area contributed by atoms with E-state index in [1.807, 2.05) is 0 Å². The van der Waals surface area contributed by atoms with E-state index in [0.29, 0.717) is 11.3 Å². The highest BCUT2D eigenvalue weighted by molar-refractivity contribution is 5.11. The summed E-state index contributed by atoms with van der Waals surface area (Å²) in [6.45, 7) is 12.1. The minimum absolute atomic E-state index is 0.307. The summed E-state index contributed by atoms with van der Waals surface area (Å²) in [5.74, 6) is 0.662. The summed E-state index contributed by atoms with van der Waals surface area (Å²) in [6.07, 6.45) is 0. The molecule has 126 valence electrons. The lowest BCUT2D eigenvalue weighted by Crippen LogP contribution is -2.47. The molecule has 3 aliphatic heterocycles. The molecule has 0 amide bonds. The molecule has 0 saturated carbocycles. The Bertz CT molecular complexity index is 547. The minimum Gasteiger partial charge on any atom is -0.380 e. The molecule has 0 radical (unpaired) electrons. The molecule has 0 N–H and O–H groups in total. The summed E-state index contributed by atoms with van der Waals surface area (Å²) in [5, 5.41) is 0. The van der Waals surface area contributed by atoms with Gasteiger partial charge >= 0.3 is 0 Å². The average Bonchev–Trinajstić information content (AvgIpc) is 3.04. The van der Waals surface area contributed by atoms with Crippen LogP contribution in [-0.4, -0.2) is 73.9 Å². The maximum Gasteiger partial charge on any atom is 0.0594 e. The van der Waals surface area contributed by atoms with E-state index in [2.05, 4.69) is 39.9 Å². The predicted molar refractivity (Wildman–Crippen MR) is 88.3 cm³/mol. The average molecular weight is 317 g/mol. The molecule has 5 nitrogen and oxygen atoms in total. The van der Waals surface area contributed by atoms with Gasteiger partial charge < -0.3 is 9.47 Å². The molecule has 5 heteroatoms. The van der Waals surface area contributed by atoms with Gasteiger partial charge in [0.05, 0.1) is 32.1 Å². The fourth-order valence-corrected chi connectivity index (χ4v) is 4.41. The zero-order valence-corrected chi connectivity index (χ0v) is 14.0. The van der Waals surface area contributed by atoms with Crippen molar-refractivity contribution in [3.05, 3.63) is 29.6 Å². The van der Waals surface area contributed by atoms with Crippen molar-refractivity contribution in [3.8, 4) is 0 Å². The molecule has 1 aromatic heterocycles. The van der Waals surface area contributed by atoms with Crippen molar-refractivity contribution in [2.75, 3.05) is 59.2 Å². The molecule has 0 unspecified atom stereocenters. The number of hydrogen-bond acceptors (Lipinski definition) is 5. The summed E-state index contributed by atoms with van der Waals surface area (Å²) in [7, 11) is 0. The van der Waals surface area contributed by atoms with Gasteiger partial charge in [0.25, 0.3) is 0 Å². The van der Waals surface area contributed by atoms with E-state index < -0.39 is 0 Å². The van der Waals surface area contributed by atoms with E-state index in [9.17, 15) is 0 Å². The Hall–Kier alpha value is -1.01. The number of aromatic nitrogens is 1. The quantitative estimate of drug-likeness (QED) is 0.833. The van der Waals surface area contributed by atoms with Gasteiger partial charge in [-0.05, 0) is 19.1 Å². The van der Waals surface area contributed by atoms with Crippen LogP contribution < -0.4 is 0 Å². The van der Waals surface area contributed by atoms with Crippen LogP contribution in [0, 0.1) is 18.3 Å². The number of pyridine rings is 1. The molecule has 0 aromatic carbocycles. The number of morpholine rings is 1. The van der Waals surface area contributed by atoms with Gasteiger partial charge in [-0.3, -0.25) is 14.8 Å². The largest absolute Gasteiger partial charge is 0.380 e. The van der Waals surface area contributed by atoms with Crippen molar-refractivity contribution >= 4 is 0 Å². The van der Waals surface area contributed by atoms with E-state index in [1.54, 1.807) is 0 Å². The maximum atomic E-state index is 5.87. The van der Waals surface area contributed by atoms with Crippen LogP contribution in [-0.2, 0) is 16.0 Å². The number of hydrogen-bond donors (Lipinski definition) is 0. The number of fused-ring (bicyclic) bond motifs is 1. The SMILES string of the molecule is Cc1cccc(CN2C[C@@H]3COC[C@]3(CN3CCOCC3)C2)n1. The molecule has 0 bridgehead atoms. The zero-order valence-electron chi connectivity index (χ0n) is 14.0. The van der Waals surface area contributed by atoms with Crippen LogP contribution in [0.4, 0.5) is 0 Å². The lowest BCUT2D eigenvalue weighted by molar-refractivity contribution is 0.0102. The smallest absolute Gasteiger partial charge is 0.0594 e. The summed E-state index contributed by atoms with van der Waals surface area (Å²) in [5.41, 5.74) is 2.60. The fraction of sp³-hybridized carbons (Fsp3) is 0.722. The molecule has 3 fully saturated rings. The molecular weight excluding hydrogens is 290 g/mol. The molecule has 1 aromatic rings. The first-order valence-corrected chi connectivity index (χ1v) is 8.76. The lowest BCUT2D eigenvalue weighted by Gasteiger charge is -2.36. The Morgan fingerprint density at radius 3 is 2.91 bits per heavy atom. The Kier molecular flexibility index (Phi) is 4.37. The molecule has 3 aliphatic rings. The van der Waals surface area contributed by atoms with Gasteiger partial charge in [-0.15, -0.1) is 0 Å². The molecule has 2 atom stereocenters. The van der Waals surface area contributed by atoms with E-state index in [4.69, 9.17) is 9.47 Å². The molecule has 3 saturated heterocycles. The van der Waals surface area contributed by atoms with E-state index in [0.717, 1.165) is 71.4 Å². The van der Waals surface area contributed by atoms with Crippen molar-refractivity contribution in [1.82, 2.24) is 14.8 Å². The third kappa shape index (κ3) is 3.29. The summed E-state index contributed by atoms with van der Waals surface area (Å²) >= 11 is 0. The van der Waals surface area contributed by atoms with Crippen LogP contribution in [0.1, 0.15) is 11.4 Å². The highest BCUT2D eigenvalue weighted by Crippen LogP contribution is 2.42. The Labute approximate surface area is 138 Å². The lowest BCUT2D eigenvalue weighted by atomic mass is 9.80. The zero-order chi connectivity index (χ0) is 15.7. The highest BCUT2D eigenvalue weighted by Gasteiger charge is 2.51. The Morgan fingerprint density at radius 2 is 2.09 bits per heavy atom. The van der Waals surface area contributed by atoms with Gasteiger partial charge in [-0.1, -0.05) is 6.07 Å². The number of aryl methyl sites for hydroxylation is 1. The maximum absolute atomic E-state index is 5.87. The van der Waals surface area contributed by atoms with Crippen LogP contribution in [0.15, 0.2) is 18.2 Å². The first-order valence-electron chi connectivity index (χ1n) is 8.76. The predicted octanol–water partition coefficient (Wildman–Crippen LogP) is 1.17. The number of ether oxygens (including phenoxy) is 2. The van der Waals surface area contributed by atoms with Crippen molar-refractivity contribution in [3.63, 3.8) is 0 Å². The topological polar surface area (TPSA) is 37.8 Å². The van der Waals surface area contributed by atoms with E-state index in [1.165, 1.54) is 5.69 Å². The first-order chi connectivity index (χ1) is 11.2. The Morgan fingerprint density at radius 1 is 1.22 bits per heavy atom. The number of likely N-dealkylation sites (tertiary alicyclic amines) is 1. The second kappa shape index (κ2) is 6.48. The standard InChI is InChI=1S/C18H27N3O2/c1-15-3-2-4-17(19-15)10-21-9-16-11-23-14-18(16,13-21)12-20-5-7-22-8-6-20/h2-4,16H,5-14H2,1H3/t16-,18+/m1/s1. The fourth-order valence-electron chi connectivity index (χ4n) is 4.41. The molecule has 4 rings (SSSR count). The van der Waals surface area contributed by atoms with Crippen LogP contribution >= 0.6 is 0 Å². The van der Waals surface area contributed by atoms with Gasteiger partial charge in [-0.25, -0.2) is 0 Å². The van der Waals surface area contributed by atoms with E-state index in [-0.39, 0.29) is 0 Å². The van der Waals surface area contributed by atoms with Crippen molar-refractivity contribution in [2.24, 2.45) is 11.3 Å². The second-order valence-electron chi connectivity index (χ2n) is 7.40. The molecular formula is C18H27N3O2. The van der Waals surface area contributed by atoms with Gasteiger partial charge in [0.2, 0.25) is 0 Å². The van der Waals surface area contributed by atoms with Crippen LogP contribution in [0.2, 0.25) is 0 Å². The van der Waals surface area contributed by atoms with Crippen molar-refractivity contribution in [1.29, 1.82) is 0 Å². The van der Waals surface area contributed by atoms with Crippen LogP contribution in [0.25, 0.3) is 0 Å². The first kappa shape index (κ1) is 15.5. The number of rotatable bonds is 4. The highest BCUT2D eigenvalue weighted by atomic mass is 16.5. The van der Waals surface area contributed by atoms with Gasteiger partial charge in [0.15, 0.2) is 0 Å². The third-order valence-electron chi connectivity index (χ3n) is 5.57. The van der Waals surface area contributed by atoms with Gasteiger partial charge in [0, 0.05) is 56.3 Å². The number of nitrogens with zero attached hydrogens (tertiary/aromatic N) is 3. The normalized spacial score (nSPS) is 32.3. The summed E-state index contributed by atoms with van der Waals surface area (Å²) in [6, 6.07) is 6.32. The molecule has 0 aliphatic carbocycles. The van der Waals surface area contributed by atoms with E-state index >= 15 is 0 Å². The van der Waals surface area contributed by atoms with Crippen molar-refractivity contribution in [2.45, 2.75) is 13.5 Å². The van der Waals surface area contributed by atoms with Gasteiger partial charge in [-0.2, -0.15) is 0 Å². The van der Waals surface area contributed by atoms with Crippen LogP contribution in [0.3, 0.4) is 0 Å². The molecule has 0 spiro atoms. The molecule has 4 heterocycles.